The summed E-state index contributed by atoms with van der Waals surface area (Å²) in [5.41, 5.74) is 2.31. The van der Waals surface area contributed by atoms with Crippen molar-refractivity contribution >= 4 is 23.3 Å². The second-order valence-electron chi connectivity index (χ2n) is 5.32. The molecule has 0 aromatic heterocycles. The van der Waals surface area contributed by atoms with Crippen LogP contribution in [0.3, 0.4) is 0 Å². The smallest absolute Gasteiger partial charge is 0.308 e. The molecule has 0 amide bonds. The van der Waals surface area contributed by atoms with E-state index in [1.165, 1.54) is 5.56 Å². The SMILES string of the molecule is CCOC(=O)[C@H]1CC[C@@H]2Nc3c(Cl)cccc3[C@@H]2C1. The summed E-state index contributed by atoms with van der Waals surface area (Å²) < 4.78 is 5.16. The first-order valence-electron chi connectivity index (χ1n) is 6.92. The lowest BCUT2D eigenvalue weighted by Crippen LogP contribution is -2.32. The molecule has 1 aliphatic heterocycles. The van der Waals surface area contributed by atoms with Crippen LogP contribution in [0.5, 0.6) is 0 Å². The first kappa shape index (κ1) is 12.8. The number of ether oxygens (including phenoxy) is 1. The predicted octanol–water partition coefficient (Wildman–Crippen LogP) is 3.58. The highest BCUT2D eigenvalue weighted by Gasteiger charge is 2.40. The van der Waals surface area contributed by atoms with Crippen LogP contribution in [0.25, 0.3) is 0 Å². The Morgan fingerprint density at radius 2 is 2.32 bits per heavy atom. The zero-order chi connectivity index (χ0) is 13.4. The molecule has 1 saturated carbocycles. The Balaban J connectivity index is 1.81. The van der Waals surface area contributed by atoms with E-state index in [2.05, 4.69) is 11.4 Å². The summed E-state index contributed by atoms with van der Waals surface area (Å²) in [6.45, 7) is 2.32. The molecule has 1 N–H and O–H groups in total. The summed E-state index contributed by atoms with van der Waals surface area (Å²) in [6.07, 6.45) is 2.77. The van der Waals surface area contributed by atoms with Gasteiger partial charge in [0, 0.05) is 12.0 Å². The molecule has 0 spiro atoms. The van der Waals surface area contributed by atoms with Gasteiger partial charge in [-0.3, -0.25) is 4.79 Å². The molecule has 2 aliphatic rings. The van der Waals surface area contributed by atoms with Crippen LogP contribution in [0.1, 0.15) is 37.7 Å². The van der Waals surface area contributed by atoms with Gasteiger partial charge in [0.15, 0.2) is 0 Å². The van der Waals surface area contributed by atoms with Crippen LogP contribution in [0.2, 0.25) is 5.02 Å². The Hall–Kier alpha value is -1.22. The standard InChI is InChI=1S/C15H18ClNO2/c1-2-19-15(18)9-6-7-13-11(8-9)10-4-3-5-12(16)14(10)17-13/h3-5,9,11,13,17H,2,6-8H2,1H3/t9-,11-,13-/m0/s1. The number of hydrogen-bond acceptors (Lipinski definition) is 3. The molecule has 4 heteroatoms. The van der Waals surface area contributed by atoms with E-state index < -0.39 is 0 Å². The zero-order valence-electron chi connectivity index (χ0n) is 11.0. The second-order valence-corrected chi connectivity index (χ2v) is 5.73. The van der Waals surface area contributed by atoms with Gasteiger partial charge < -0.3 is 10.1 Å². The van der Waals surface area contributed by atoms with E-state index in [0.29, 0.717) is 18.6 Å². The lowest BCUT2D eigenvalue weighted by Gasteiger charge is -2.30. The third-order valence-electron chi connectivity index (χ3n) is 4.25. The molecular formula is C15H18ClNO2. The highest BCUT2D eigenvalue weighted by atomic mass is 35.5. The van der Waals surface area contributed by atoms with Gasteiger partial charge in [-0.15, -0.1) is 0 Å². The first-order chi connectivity index (χ1) is 9.20. The topological polar surface area (TPSA) is 38.3 Å². The number of nitrogens with one attached hydrogen (secondary N) is 1. The maximum Gasteiger partial charge on any atom is 0.308 e. The van der Waals surface area contributed by atoms with Gasteiger partial charge in [0.1, 0.15) is 0 Å². The van der Waals surface area contributed by atoms with Crippen LogP contribution in [-0.4, -0.2) is 18.6 Å². The quantitative estimate of drug-likeness (QED) is 0.841. The summed E-state index contributed by atoms with van der Waals surface area (Å²) in [6, 6.07) is 6.43. The van der Waals surface area contributed by atoms with E-state index in [1.807, 2.05) is 19.1 Å². The highest BCUT2D eigenvalue weighted by molar-refractivity contribution is 6.33. The van der Waals surface area contributed by atoms with Gasteiger partial charge in [-0.25, -0.2) is 0 Å². The zero-order valence-corrected chi connectivity index (χ0v) is 11.7. The number of benzene rings is 1. The number of fused-ring (bicyclic) bond motifs is 3. The van der Waals surface area contributed by atoms with Crippen LogP contribution < -0.4 is 5.32 Å². The number of carbonyl (C=O) groups excluding carboxylic acids is 1. The number of rotatable bonds is 2. The molecule has 0 bridgehead atoms. The summed E-state index contributed by atoms with van der Waals surface area (Å²) in [5, 5.41) is 4.29. The van der Waals surface area contributed by atoms with Crippen molar-refractivity contribution in [3.8, 4) is 0 Å². The van der Waals surface area contributed by atoms with Gasteiger partial charge in [0.2, 0.25) is 0 Å². The molecule has 19 heavy (non-hydrogen) atoms. The molecular weight excluding hydrogens is 262 g/mol. The first-order valence-corrected chi connectivity index (χ1v) is 7.30. The second kappa shape index (κ2) is 5.04. The van der Waals surface area contributed by atoms with Crippen molar-refractivity contribution in [3.63, 3.8) is 0 Å². The van der Waals surface area contributed by atoms with Gasteiger partial charge >= 0.3 is 5.97 Å². The number of esters is 1. The molecule has 3 rings (SSSR count). The van der Waals surface area contributed by atoms with Crippen molar-refractivity contribution in [2.45, 2.75) is 38.1 Å². The molecule has 0 saturated heterocycles. The molecule has 102 valence electrons. The average molecular weight is 280 g/mol. The van der Waals surface area contributed by atoms with Gasteiger partial charge in [-0.05, 0) is 37.8 Å². The fourth-order valence-electron chi connectivity index (χ4n) is 3.35. The normalized spacial score (nSPS) is 28.2. The van der Waals surface area contributed by atoms with Crippen molar-refractivity contribution in [1.29, 1.82) is 0 Å². The largest absolute Gasteiger partial charge is 0.466 e. The predicted molar refractivity (Wildman–Crippen MR) is 75.6 cm³/mol. The Bertz CT molecular complexity index is 503. The summed E-state index contributed by atoms with van der Waals surface area (Å²) >= 11 is 6.23. The van der Waals surface area contributed by atoms with Gasteiger partial charge in [0.25, 0.3) is 0 Å². The van der Waals surface area contributed by atoms with Crippen molar-refractivity contribution in [2.24, 2.45) is 5.92 Å². The van der Waals surface area contributed by atoms with Crippen molar-refractivity contribution in [3.05, 3.63) is 28.8 Å². The fraction of sp³-hybridized carbons (Fsp3) is 0.533. The van der Waals surface area contributed by atoms with Gasteiger partial charge in [-0.1, -0.05) is 23.7 Å². The molecule has 3 atom stereocenters. The van der Waals surface area contributed by atoms with Crippen molar-refractivity contribution in [1.82, 2.24) is 0 Å². The van der Waals surface area contributed by atoms with Gasteiger partial charge in [-0.2, -0.15) is 0 Å². The molecule has 1 fully saturated rings. The Labute approximate surface area is 118 Å². The van der Waals surface area contributed by atoms with E-state index in [4.69, 9.17) is 16.3 Å². The maximum absolute atomic E-state index is 11.9. The van der Waals surface area contributed by atoms with E-state index >= 15 is 0 Å². The minimum Gasteiger partial charge on any atom is -0.466 e. The summed E-state index contributed by atoms with van der Waals surface area (Å²) in [5.74, 6) is 0.376. The summed E-state index contributed by atoms with van der Waals surface area (Å²) in [7, 11) is 0. The van der Waals surface area contributed by atoms with Crippen LogP contribution in [-0.2, 0) is 9.53 Å². The van der Waals surface area contributed by atoms with E-state index in [1.54, 1.807) is 0 Å². The Morgan fingerprint density at radius 3 is 3.11 bits per heavy atom. The number of anilines is 1. The molecule has 1 aromatic rings. The third kappa shape index (κ3) is 2.20. The molecule has 1 aliphatic carbocycles. The number of para-hydroxylation sites is 1. The fourth-order valence-corrected chi connectivity index (χ4v) is 3.59. The third-order valence-corrected chi connectivity index (χ3v) is 4.56. The highest BCUT2D eigenvalue weighted by Crippen LogP contribution is 2.48. The Morgan fingerprint density at radius 1 is 1.47 bits per heavy atom. The molecule has 1 aromatic carbocycles. The molecule has 0 radical (unpaired) electrons. The van der Waals surface area contributed by atoms with Crippen molar-refractivity contribution < 1.29 is 9.53 Å². The van der Waals surface area contributed by atoms with E-state index in [-0.39, 0.29) is 11.9 Å². The minimum atomic E-state index is -0.0450. The van der Waals surface area contributed by atoms with Gasteiger partial charge in [0.05, 0.1) is 23.2 Å². The monoisotopic (exact) mass is 279 g/mol. The summed E-state index contributed by atoms with van der Waals surface area (Å²) in [4.78, 5) is 11.9. The molecule has 3 nitrogen and oxygen atoms in total. The molecule has 0 unspecified atom stereocenters. The van der Waals surface area contributed by atoms with Crippen LogP contribution >= 0.6 is 11.6 Å². The van der Waals surface area contributed by atoms with Crippen LogP contribution in [0.15, 0.2) is 18.2 Å². The number of hydrogen-bond donors (Lipinski definition) is 1. The lowest BCUT2D eigenvalue weighted by molar-refractivity contribution is -0.149. The maximum atomic E-state index is 11.9. The minimum absolute atomic E-state index is 0.0351. The van der Waals surface area contributed by atoms with E-state index in [9.17, 15) is 4.79 Å². The number of halogens is 1. The number of carbonyl (C=O) groups is 1. The van der Waals surface area contributed by atoms with Crippen molar-refractivity contribution in [2.75, 3.05) is 11.9 Å². The molecule has 1 heterocycles. The average Bonchev–Trinajstić information content (AvgIpc) is 2.78. The lowest BCUT2D eigenvalue weighted by atomic mass is 9.77. The van der Waals surface area contributed by atoms with Crippen LogP contribution in [0.4, 0.5) is 5.69 Å². The Kier molecular flexibility index (Phi) is 3.40. The van der Waals surface area contributed by atoms with Crippen LogP contribution in [0, 0.1) is 5.92 Å². The van der Waals surface area contributed by atoms with E-state index in [0.717, 1.165) is 30.0 Å².